The van der Waals surface area contributed by atoms with Crippen LogP contribution < -0.4 is 5.32 Å². The van der Waals surface area contributed by atoms with Crippen molar-refractivity contribution in [3.63, 3.8) is 0 Å². The fraction of sp³-hybridized carbons (Fsp3) is 0.143. The number of pyridine rings is 2. The van der Waals surface area contributed by atoms with E-state index in [2.05, 4.69) is 15.3 Å². The second-order valence-electron chi connectivity index (χ2n) is 4.26. The lowest BCUT2D eigenvalue weighted by molar-refractivity contribution is -0.123. The standard InChI is InChI=1S/C14H11Cl2N3O3/c1-8(22-14(21)9-3-2-4-17-6-9)13(20)19-12-11(16)5-10(15)7-18-12/h2-8H,1H3,(H,18,19,20)/t8-/m0/s1. The van der Waals surface area contributed by atoms with E-state index in [1.165, 1.54) is 37.6 Å². The van der Waals surface area contributed by atoms with Crippen molar-refractivity contribution in [2.24, 2.45) is 0 Å². The first-order valence-electron chi connectivity index (χ1n) is 6.20. The lowest BCUT2D eigenvalue weighted by Crippen LogP contribution is -2.30. The molecule has 2 aromatic heterocycles. The average molecular weight is 340 g/mol. The predicted molar refractivity (Wildman–Crippen MR) is 82.0 cm³/mol. The van der Waals surface area contributed by atoms with Crippen LogP contribution >= 0.6 is 23.2 Å². The first kappa shape index (κ1) is 16.2. The molecule has 0 aromatic carbocycles. The van der Waals surface area contributed by atoms with Gasteiger partial charge in [0.15, 0.2) is 11.9 Å². The lowest BCUT2D eigenvalue weighted by Gasteiger charge is -2.13. The number of nitrogens with zero attached hydrogens (tertiary/aromatic N) is 2. The van der Waals surface area contributed by atoms with Crippen LogP contribution in [-0.2, 0) is 9.53 Å². The van der Waals surface area contributed by atoms with E-state index in [-0.39, 0.29) is 16.4 Å². The number of amides is 1. The van der Waals surface area contributed by atoms with Gasteiger partial charge in [-0.2, -0.15) is 0 Å². The van der Waals surface area contributed by atoms with Crippen LogP contribution in [0.3, 0.4) is 0 Å². The molecule has 8 heteroatoms. The summed E-state index contributed by atoms with van der Waals surface area (Å²) < 4.78 is 5.05. The third-order valence-electron chi connectivity index (χ3n) is 2.60. The van der Waals surface area contributed by atoms with Gasteiger partial charge in [-0.15, -0.1) is 0 Å². The maximum Gasteiger partial charge on any atom is 0.340 e. The first-order valence-corrected chi connectivity index (χ1v) is 6.96. The Kier molecular flexibility index (Phi) is 5.30. The summed E-state index contributed by atoms with van der Waals surface area (Å²) in [6, 6.07) is 4.58. The predicted octanol–water partition coefficient (Wildman–Crippen LogP) is 2.97. The van der Waals surface area contributed by atoms with Crippen molar-refractivity contribution in [2.75, 3.05) is 5.32 Å². The van der Waals surface area contributed by atoms with Crippen molar-refractivity contribution in [1.29, 1.82) is 0 Å². The number of carbonyl (C=O) groups excluding carboxylic acids is 2. The Balaban J connectivity index is 1.99. The molecule has 0 fully saturated rings. The number of hydrogen-bond acceptors (Lipinski definition) is 5. The molecule has 1 amide bonds. The van der Waals surface area contributed by atoms with E-state index >= 15 is 0 Å². The summed E-state index contributed by atoms with van der Waals surface area (Å²) in [7, 11) is 0. The highest BCUT2D eigenvalue weighted by atomic mass is 35.5. The van der Waals surface area contributed by atoms with Crippen LogP contribution in [0.1, 0.15) is 17.3 Å². The van der Waals surface area contributed by atoms with Crippen LogP contribution in [-0.4, -0.2) is 27.9 Å². The molecule has 0 unspecified atom stereocenters. The third kappa shape index (κ3) is 4.16. The van der Waals surface area contributed by atoms with Crippen molar-refractivity contribution in [1.82, 2.24) is 9.97 Å². The Morgan fingerprint density at radius 3 is 2.73 bits per heavy atom. The van der Waals surface area contributed by atoms with Crippen LogP contribution in [0.4, 0.5) is 5.82 Å². The minimum absolute atomic E-state index is 0.139. The van der Waals surface area contributed by atoms with E-state index in [0.717, 1.165) is 0 Å². The van der Waals surface area contributed by atoms with Gasteiger partial charge in [0.05, 0.1) is 15.6 Å². The van der Waals surface area contributed by atoms with E-state index in [9.17, 15) is 9.59 Å². The number of ether oxygens (including phenoxy) is 1. The maximum atomic E-state index is 12.0. The molecule has 0 aliphatic heterocycles. The van der Waals surface area contributed by atoms with Gasteiger partial charge in [0.1, 0.15) is 0 Å². The zero-order valence-corrected chi connectivity index (χ0v) is 12.9. The molecular weight excluding hydrogens is 329 g/mol. The maximum absolute atomic E-state index is 12.0. The number of anilines is 1. The molecule has 2 heterocycles. The lowest BCUT2D eigenvalue weighted by atomic mass is 10.3. The molecule has 1 atom stereocenters. The van der Waals surface area contributed by atoms with Gasteiger partial charge < -0.3 is 10.1 Å². The quantitative estimate of drug-likeness (QED) is 0.866. The minimum Gasteiger partial charge on any atom is -0.449 e. The zero-order valence-electron chi connectivity index (χ0n) is 11.4. The van der Waals surface area contributed by atoms with Gasteiger partial charge in [-0.3, -0.25) is 9.78 Å². The summed E-state index contributed by atoms with van der Waals surface area (Å²) in [4.78, 5) is 31.5. The van der Waals surface area contributed by atoms with Crippen LogP contribution in [0.5, 0.6) is 0 Å². The summed E-state index contributed by atoms with van der Waals surface area (Å²) in [5.41, 5.74) is 0.254. The topological polar surface area (TPSA) is 81.2 Å². The van der Waals surface area contributed by atoms with Gasteiger partial charge >= 0.3 is 5.97 Å². The molecule has 2 aromatic rings. The Hall–Kier alpha value is -2.18. The zero-order chi connectivity index (χ0) is 16.1. The summed E-state index contributed by atoms with van der Waals surface area (Å²) in [5.74, 6) is -1.07. The third-order valence-corrected chi connectivity index (χ3v) is 3.09. The Morgan fingerprint density at radius 1 is 1.32 bits per heavy atom. The molecular formula is C14H11Cl2N3O3. The van der Waals surface area contributed by atoms with Crippen molar-refractivity contribution < 1.29 is 14.3 Å². The highest BCUT2D eigenvalue weighted by molar-refractivity contribution is 6.36. The van der Waals surface area contributed by atoms with Crippen molar-refractivity contribution in [3.05, 3.63) is 52.4 Å². The fourth-order valence-corrected chi connectivity index (χ4v) is 1.92. The number of aromatic nitrogens is 2. The summed E-state index contributed by atoms with van der Waals surface area (Å²) >= 11 is 11.6. The highest BCUT2D eigenvalue weighted by Crippen LogP contribution is 2.22. The normalized spacial score (nSPS) is 11.6. The molecule has 6 nitrogen and oxygen atoms in total. The molecule has 22 heavy (non-hydrogen) atoms. The summed E-state index contributed by atoms with van der Waals surface area (Å²) in [6.07, 6.45) is 3.20. The first-order chi connectivity index (χ1) is 10.5. The van der Waals surface area contributed by atoms with E-state index < -0.39 is 18.0 Å². The summed E-state index contributed by atoms with van der Waals surface area (Å²) in [6.45, 7) is 1.44. The molecule has 0 spiro atoms. The molecule has 114 valence electrons. The van der Waals surface area contributed by atoms with E-state index in [1.54, 1.807) is 6.07 Å². The molecule has 0 saturated carbocycles. The highest BCUT2D eigenvalue weighted by Gasteiger charge is 2.20. The second kappa shape index (κ2) is 7.20. The average Bonchev–Trinajstić information content (AvgIpc) is 2.50. The minimum atomic E-state index is -1.03. The van der Waals surface area contributed by atoms with Crippen LogP contribution in [0.15, 0.2) is 36.8 Å². The van der Waals surface area contributed by atoms with Gasteiger partial charge in [0, 0.05) is 18.6 Å². The Morgan fingerprint density at radius 2 is 2.09 bits per heavy atom. The van der Waals surface area contributed by atoms with Crippen LogP contribution in [0, 0.1) is 0 Å². The number of halogens is 2. The molecule has 0 radical (unpaired) electrons. The smallest absolute Gasteiger partial charge is 0.340 e. The second-order valence-corrected chi connectivity index (χ2v) is 5.11. The van der Waals surface area contributed by atoms with Gasteiger partial charge in [-0.25, -0.2) is 9.78 Å². The van der Waals surface area contributed by atoms with E-state index in [4.69, 9.17) is 27.9 Å². The molecule has 0 aliphatic rings. The van der Waals surface area contributed by atoms with E-state index in [0.29, 0.717) is 5.02 Å². The largest absolute Gasteiger partial charge is 0.449 e. The van der Waals surface area contributed by atoms with Gasteiger partial charge in [0.25, 0.3) is 5.91 Å². The van der Waals surface area contributed by atoms with Crippen molar-refractivity contribution in [3.8, 4) is 0 Å². The van der Waals surface area contributed by atoms with Gasteiger partial charge in [0.2, 0.25) is 0 Å². The number of hydrogen-bond donors (Lipinski definition) is 1. The van der Waals surface area contributed by atoms with E-state index in [1.807, 2.05) is 0 Å². The number of nitrogens with one attached hydrogen (secondary N) is 1. The van der Waals surface area contributed by atoms with Crippen LogP contribution in [0.2, 0.25) is 10.0 Å². The van der Waals surface area contributed by atoms with Crippen molar-refractivity contribution >= 4 is 40.9 Å². The van der Waals surface area contributed by atoms with Gasteiger partial charge in [-0.05, 0) is 25.1 Å². The molecule has 1 N–H and O–H groups in total. The fourth-order valence-electron chi connectivity index (χ4n) is 1.49. The van der Waals surface area contributed by atoms with Gasteiger partial charge in [-0.1, -0.05) is 23.2 Å². The number of esters is 1. The van der Waals surface area contributed by atoms with Crippen LogP contribution in [0.25, 0.3) is 0 Å². The molecule has 0 saturated heterocycles. The molecule has 2 rings (SSSR count). The van der Waals surface area contributed by atoms with Crippen molar-refractivity contribution in [2.45, 2.75) is 13.0 Å². The Bertz CT molecular complexity index is 695. The number of rotatable bonds is 4. The molecule has 0 aliphatic carbocycles. The SMILES string of the molecule is C[C@H](OC(=O)c1cccnc1)C(=O)Nc1ncc(Cl)cc1Cl. The summed E-state index contributed by atoms with van der Waals surface area (Å²) in [5, 5.41) is 2.99. The number of carbonyl (C=O) groups is 2. The molecule has 0 bridgehead atoms. The Labute approximate surface area is 136 Å². The monoisotopic (exact) mass is 339 g/mol.